The summed E-state index contributed by atoms with van der Waals surface area (Å²) in [5, 5.41) is 10.1. The summed E-state index contributed by atoms with van der Waals surface area (Å²) in [4.78, 5) is 8.40. The van der Waals surface area contributed by atoms with Crippen molar-refractivity contribution in [3.63, 3.8) is 0 Å². The largest absolute Gasteiger partial charge is 0.423 e. The van der Waals surface area contributed by atoms with Crippen molar-refractivity contribution >= 4 is 36.5 Å². The van der Waals surface area contributed by atoms with E-state index in [1.807, 2.05) is 32.1 Å². The van der Waals surface area contributed by atoms with Crippen LogP contribution in [0.4, 0.5) is 12.0 Å². The molecule has 0 aromatic carbocycles. The Balaban J connectivity index is 2.29. The van der Waals surface area contributed by atoms with Gasteiger partial charge in [-0.25, -0.2) is 0 Å². The van der Waals surface area contributed by atoms with Crippen LogP contribution in [0.3, 0.4) is 0 Å². The number of anilines is 2. The molecule has 0 radical (unpaired) electrons. The van der Waals surface area contributed by atoms with Crippen molar-refractivity contribution in [2.24, 2.45) is 0 Å². The third-order valence-electron chi connectivity index (χ3n) is 2.54. The van der Waals surface area contributed by atoms with Crippen molar-refractivity contribution < 1.29 is 8.83 Å². The zero-order valence-electron chi connectivity index (χ0n) is 11.9. The molecule has 0 saturated carbocycles. The highest BCUT2D eigenvalue weighted by Crippen LogP contribution is 2.23. The minimum absolute atomic E-state index is 0.213. The molecular weight excluding hydrogens is 268 g/mol. The summed E-state index contributed by atoms with van der Waals surface area (Å²) in [6, 6.07) is 0.466. The Kier molecular flexibility index (Phi) is 4.50. The third kappa shape index (κ3) is 3.17. The second-order valence-electron chi connectivity index (χ2n) is 4.01. The molecule has 0 bridgehead atoms. The van der Waals surface area contributed by atoms with E-state index in [1.165, 1.54) is 0 Å². The van der Waals surface area contributed by atoms with E-state index < -0.39 is 0 Å². The van der Waals surface area contributed by atoms with Gasteiger partial charge in [0.05, 0.1) is 0 Å². The van der Waals surface area contributed by atoms with Crippen LogP contribution in [0.25, 0.3) is 18.2 Å². The molecular formula is C15H16N4O2. The van der Waals surface area contributed by atoms with E-state index in [4.69, 9.17) is 14.2 Å². The van der Waals surface area contributed by atoms with E-state index in [0.29, 0.717) is 22.9 Å². The molecule has 2 heterocycles. The monoisotopic (exact) mass is 284 g/mol. The fourth-order valence-corrected chi connectivity index (χ4v) is 1.68. The number of nitrogens with one attached hydrogen (secondary N) is 2. The van der Waals surface area contributed by atoms with Crippen molar-refractivity contribution in [1.82, 2.24) is 9.97 Å². The highest BCUT2D eigenvalue weighted by atomic mass is 16.4. The first kappa shape index (κ1) is 14.5. The fraction of sp³-hybridized carbons (Fsp3) is 0.133. The predicted octanol–water partition coefficient (Wildman–Crippen LogP) is 4.11. The maximum absolute atomic E-state index is 7.31. The minimum atomic E-state index is 0.213. The van der Waals surface area contributed by atoms with Crippen molar-refractivity contribution in [3.8, 4) is 0 Å². The Morgan fingerprint density at radius 2 is 1.62 bits per heavy atom. The quantitative estimate of drug-likeness (QED) is 0.779. The van der Waals surface area contributed by atoms with Gasteiger partial charge < -0.3 is 14.2 Å². The summed E-state index contributed by atoms with van der Waals surface area (Å²) in [7, 11) is 0. The molecule has 2 aromatic heterocycles. The zero-order valence-corrected chi connectivity index (χ0v) is 11.9. The van der Waals surface area contributed by atoms with Gasteiger partial charge in [-0.15, -0.1) is 0 Å². The molecule has 6 nitrogen and oxygen atoms in total. The van der Waals surface area contributed by atoms with Gasteiger partial charge in [0.15, 0.2) is 11.5 Å². The van der Waals surface area contributed by atoms with Crippen LogP contribution in [0.1, 0.15) is 36.8 Å². The molecule has 0 fully saturated rings. The molecule has 2 rings (SSSR count). The number of hydrogen-bond acceptors (Lipinski definition) is 6. The topological polar surface area (TPSA) is 87.9 Å². The predicted molar refractivity (Wildman–Crippen MR) is 83.7 cm³/mol. The van der Waals surface area contributed by atoms with Crippen LogP contribution in [0.2, 0.25) is 0 Å². The average molecular weight is 284 g/mol. The van der Waals surface area contributed by atoms with E-state index in [-0.39, 0.29) is 12.0 Å². The van der Waals surface area contributed by atoms with Crippen LogP contribution in [-0.4, -0.2) is 16.2 Å². The lowest BCUT2D eigenvalue weighted by atomic mass is 10.3. The number of aromatic nitrogens is 2. The molecule has 0 aliphatic rings. The average Bonchev–Trinajstić information content (AvgIpc) is 3.04. The van der Waals surface area contributed by atoms with Gasteiger partial charge in [-0.05, 0) is 32.1 Å². The summed E-state index contributed by atoms with van der Waals surface area (Å²) < 4.78 is 11.0. The van der Waals surface area contributed by atoms with Crippen LogP contribution < -0.4 is 5.32 Å². The van der Waals surface area contributed by atoms with Crippen LogP contribution >= 0.6 is 0 Å². The van der Waals surface area contributed by atoms with Crippen molar-refractivity contribution in [2.75, 3.05) is 5.32 Å². The second-order valence-corrected chi connectivity index (χ2v) is 4.01. The van der Waals surface area contributed by atoms with Crippen LogP contribution in [-0.2, 0) is 0 Å². The highest BCUT2D eigenvalue weighted by Gasteiger charge is 2.13. The van der Waals surface area contributed by atoms with Gasteiger partial charge in [0, 0.05) is 6.21 Å². The highest BCUT2D eigenvalue weighted by molar-refractivity contribution is 5.80. The summed E-state index contributed by atoms with van der Waals surface area (Å²) in [6.07, 6.45) is 9.92. The first-order chi connectivity index (χ1) is 10.2. The van der Waals surface area contributed by atoms with Crippen LogP contribution in [0.15, 0.2) is 27.6 Å². The molecule has 0 amide bonds. The Labute approximate surface area is 122 Å². The van der Waals surface area contributed by atoms with Crippen molar-refractivity contribution in [2.45, 2.75) is 13.8 Å². The molecule has 0 saturated heterocycles. The third-order valence-corrected chi connectivity index (χ3v) is 2.54. The molecule has 0 aliphatic carbocycles. The van der Waals surface area contributed by atoms with E-state index in [9.17, 15) is 0 Å². The standard InChI is InChI=1S/C15H16N4O2/c1-4-7-10-12(6-3)20-14(17-10)19-15-18-11(9-16)13(21-15)8-5-2/h4-9,16H,3H2,1-2H3,(H,17,18,19)/b7-4-,8-5-,16-9?. The van der Waals surface area contributed by atoms with Crippen LogP contribution in [0.5, 0.6) is 0 Å². The maximum atomic E-state index is 7.31. The fourth-order valence-electron chi connectivity index (χ4n) is 1.68. The van der Waals surface area contributed by atoms with E-state index in [1.54, 1.807) is 12.2 Å². The lowest BCUT2D eigenvalue weighted by Crippen LogP contribution is -1.91. The maximum Gasteiger partial charge on any atom is 0.303 e. The molecule has 0 aliphatic heterocycles. The van der Waals surface area contributed by atoms with Gasteiger partial charge in [-0.3, -0.25) is 5.32 Å². The second kappa shape index (κ2) is 6.51. The van der Waals surface area contributed by atoms with E-state index in [0.717, 1.165) is 6.21 Å². The molecule has 0 spiro atoms. The molecule has 6 heteroatoms. The normalized spacial score (nSPS) is 11.3. The minimum Gasteiger partial charge on any atom is -0.423 e. The Morgan fingerprint density at radius 3 is 2.19 bits per heavy atom. The molecule has 21 heavy (non-hydrogen) atoms. The van der Waals surface area contributed by atoms with Gasteiger partial charge in [0.25, 0.3) is 0 Å². The molecule has 2 aromatic rings. The Hall–Kier alpha value is -2.89. The SMILES string of the molecule is C=Cc1oc(Nc2nc(C=N)c(/C=C\C)o2)nc1/C=C\C. The van der Waals surface area contributed by atoms with Crippen LogP contribution in [0, 0.1) is 5.41 Å². The molecule has 108 valence electrons. The molecule has 0 atom stereocenters. The Bertz CT molecular complexity index is 647. The number of rotatable bonds is 6. The summed E-state index contributed by atoms with van der Waals surface area (Å²) in [5.41, 5.74) is 1.10. The van der Waals surface area contributed by atoms with Crippen molar-refractivity contribution in [1.29, 1.82) is 5.41 Å². The van der Waals surface area contributed by atoms with Gasteiger partial charge in [-0.1, -0.05) is 18.7 Å². The van der Waals surface area contributed by atoms with Crippen molar-refractivity contribution in [3.05, 3.63) is 41.6 Å². The van der Waals surface area contributed by atoms with E-state index in [2.05, 4.69) is 21.9 Å². The number of nitrogens with zero attached hydrogens (tertiary/aromatic N) is 2. The smallest absolute Gasteiger partial charge is 0.303 e. The van der Waals surface area contributed by atoms with Gasteiger partial charge >= 0.3 is 12.0 Å². The number of oxazole rings is 2. The lowest BCUT2D eigenvalue weighted by molar-refractivity contribution is 0.540. The van der Waals surface area contributed by atoms with Gasteiger partial charge in [0.1, 0.15) is 11.4 Å². The van der Waals surface area contributed by atoms with Gasteiger partial charge in [-0.2, -0.15) is 9.97 Å². The van der Waals surface area contributed by atoms with E-state index >= 15 is 0 Å². The lowest BCUT2D eigenvalue weighted by Gasteiger charge is -1.92. The number of allylic oxidation sites excluding steroid dienone is 2. The number of hydrogen-bond donors (Lipinski definition) is 2. The summed E-state index contributed by atoms with van der Waals surface area (Å²) in [5.74, 6) is 1.06. The Morgan fingerprint density at radius 1 is 1.00 bits per heavy atom. The first-order valence-electron chi connectivity index (χ1n) is 6.38. The molecule has 0 unspecified atom stereocenters. The first-order valence-corrected chi connectivity index (χ1v) is 6.38. The summed E-state index contributed by atoms with van der Waals surface area (Å²) >= 11 is 0. The summed E-state index contributed by atoms with van der Waals surface area (Å²) in [6.45, 7) is 7.43. The zero-order chi connectivity index (χ0) is 15.2. The molecule has 2 N–H and O–H groups in total. The van der Waals surface area contributed by atoms with Gasteiger partial charge in [0.2, 0.25) is 0 Å².